The normalized spacial score (nSPS) is 31.1. The van der Waals surface area contributed by atoms with Crippen LogP contribution in [0.4, 0.5) is 0 Å². The van der Waals surface area contributed by atoms with Crippen molar-refractivity contribution in [3.05, 3.63) is 0 Å². The van der Waals surface area contributed by atoms with E-state index >= 15 is 0 Å². The molecule has 2 N–H and O–H groups in total. The molecule has 1 saturated heterocycles. The Morgan fingerprint density at radius 3 is 2.68 bits per heavy atom. The van der Waals surface area contributed by atoms with E-state index in [1.165, 1.54) is 20.0 Å². The molecule has 1 saturated carbocycles. The Morgan fingerprint density at radius 2 is 2.05 bits per heavy atom. The summed E-state index contributed by atoms with van der Waals surface area (Å²) in [5.41, 5.74) is 0. The summed E-state index contributed by atoms with van der Waals surface area (Å²) in [4.78, 5) is 24.0. The second-order valence-electron chi connectivity index (χ2n) is 5.99. The van der Waals surface area contributed by atoms with Gasteiger partial charge < -0.3 is 15.4 Å². The Labute approximate surface area is 114 Å². The first-order valence-electron chi connectivity index (χ1n) is 7.16. The van der Waals surface area contributed by atoms with Gasteiger partial charge in [0.15, 0.2) is 0 Å². The summed E-state index contributed by atoms with van der Waals surface area (Å²) >= 11 is 0. The van der Waals surface area contributed by atoms with Gasteiger partial charge in [0, 0.05) is 0 Å². The van der Waals surface area contributed by atoms with Crippen LogP contribution in [0.3, 0.4) is 0 Å². The third-order valence-electron chi connectivity index (χ3n) is 4.45. The molecule has 0 aromatic rings. The molecule has 1 aliphatic heterocycles. The molecule has 2 aliphatic rings. The van der Waals surface area contributed by atoms with Crippen LogP contribution in [-0.4, -0.2) is 37.6 Å². The van der Waals surface area contributed by atoms with E-state index in [4.69, 9.17) is 4.74 Å². The van der Waals surface area contributed by atoms with Crippen molar-refractivity contribution in [2.45, 2.75) is 45.2 Å². The van der Waals surface area contributed by atoms with Gasteiger partial charge in [-0.3, -0.25) is 4.79 Å². The molecule has 0 aromatic heterocycles. The van der Waals surface area contributed by atoms with Gasteiger partial charge in [0.05, 0.1) is 13.2 Å². The van der Waals surface area contributed by atoms with Crippen LogP contribution in [0, 0.1) is 17.8 Å². The third-order valence-corrected chi connectivity index (χ3v) is 4.45. The van der Waals surface area contributed by atoms with E-state index in [9.17, 15) is 9.59 Å². The van der Waals surface area contributed by atoms with E-state index in [0.717, 1.165) is 13.0 Å². The number of esters is 1. The van der Waals surface area contributed by atoms with Gasteiger partial charge in [-0.1, -0.05) is 20.3 Å². The number of ether oxygens (including phenoxy) is 1. The van der Waals surface area contributed by atoms with Crippen molar-refractivity contribution < 1.29 is 14.3 Å². The third kappa shape index (κ3) is 2.91. The van der Waals surface area contributed by atoms with Gasteiger partial charge >= 0.3 is 5.97 Å². The first kappa shape index (κ1) is 14.3. The first-order valence-corrected chi connectivity index (χ1v) is 7.16. The molecule has 4 atom stereocenters. The molecule has 5 heteroatoms. The summed E-state index contributed by atoms with van der Waals surface area (Å²) in [6.45, 7) is 4.73. The van der Waals surface area contributed by atoms with E-state index in [2.05, 4.69) is 10.6 Å². The molecule has 0 aromatic carbocycles. The second kappa shape index (κ2) is 5.90. The van der Waals surface area contributed by atoms with E-state index < -0.39 is 6.04 Å². The molecule has 0 spiro atoms. The molecular weight excluding hydrogens is 244 g/mol. The summed E-state index contributed by atoms with van der Waals surface area (Å²) in [6, 6.07) is -0.696. The lowest BCUT2D eigenvalue weighted by atomic mass is 9.93. The Kier molecular flexibility index (Phi) is 4.45. The Morgan fingerprint density at radius 1 is 1.32 bits per heavy atom. The lowest BCUT2D eigenvalue weighted by molar-refractivity contribution is -0.146. The van der Waals surface area contributed by atoms with Crippen molar-refractivity contribution in [1.29, 1.82) is 0 Å². The van der Waals surface area contributed by atoms with Crippen molar-refractivity contribution >= 4 is 11.9 Å². The van der Waals surface area contributed by atoms with E-state index in [1.54, 1.807) is 0 Å². The first-order chi connectivity index (χ1) is 9.04. The minimum absolute atomic E-state index is 0.0252. The van der Waals surface area contributed by atoms with Crippen LogP contribution >= 0.6 is 0 Å². The average Bonchev–Trinajstić information content (AvgIpc) is 2.96. The predicted molar refractivity (Wildman–Crippen MR) is 71.4 cm³/mol. The number of nitrogens with one attached hydrogen (secondary N) is 2. The lowest BCUT2D eigenvalue weighted by Crippen LogP contribution is -2.52. The van der Waals surface area contributed by atoms with Gasteiger partial charge in [0.2, 0.25) is 5.91 Å². The Hall–Kier alpha value is -1.10. The van der Waals surface area contributed by atoms with Crippen molar-refractivity contribution in [2.75, 3.05) is 13.7 Å². The summed E-state index contributed by atoms with van der Waals surface area (Å²) < 4.78 is 4.75. The number of hydrogen-bond acceptors (Lipinski definition) is 4. The molecule has 2 fully saturated rings. The highest BCUT2D eigenvalue weighted by Crippen LogP contribution is 2.37. The van der Waals surface area contributed by atoms with Gasteiger partial charge in [0.1, 0.15) is 6.04 Å². The van der Waals surface area contributed by atoms with Crippen molar-refractivity contribution in [1.82, 2.24) is 10.6 Å². The zero-order chi connectivity index (χ0) is 14.0. The molecule has 5 nitrogen and oxygen atoms in total. The maximum absolute atomic E-state index is 12.3. The quantitative estimate of drug-likeness (QED) is 0.736. The van der Waals surface area contributed by atoms with Crippen molar-refractivity contribution in [3.8, 4) is 0 Å². The number of rotatable bonds is 4. The van der Waals surface area contributed by atoms with Crippen LogP contribution in [0.5, 0.6) is 0 Å². The molecule has 108 valence electrons. The van der Waals surface area contributed by atoms with Gasteiger partial charge in [-0.2, -0.15) is 0 Å². The van der Waals surface area contributed by atoms with Gasteiger partial charge in [-0.25, -0.2) is 4.79 Å². The topological polar surface area (TPSA) is 67.4 Å². The second-order valence-corrected chi connectivity index (χ2v) is 5.99. The fraction of sp³-hybridized carbons (Fsp3) is 0.857. The summed E-state index contributed by atoms with van der Waals surface area (Å²) in [6.07, 6.45) is 3.54. The van der Waals surface area contributed by atoms with Crippen molar-refractivity contribution in [2.24, 2.45) is 17.8 Å². The summed E-state index contributed by atoms with van der Waals surface area (Å²) in [7, 11) is 1.35. The van der Waals surface area contributed by atoms with Gasteiger partial charge in [-0.05, 0) is 37.1 Å². The van der Waals surface area contributed by atoms with Crippen LogP contribution in [0.15, 0.2) is 0 Å². The van der Waals surface area contributed by atoms with Crippen LogP contribution < -0.4 is 10.6 Å². The summed E-state index contributed by atoms with van der Waals surface area (Å²) in [5.74, 6) is 0.664. The number of amides is 1. The minimum Gasteiger partial charge on any atom is -0.467 e. The summed E-state index contributed by atoms with van der Waals surface area (Å²) in [5, 5.41) is 6.14. The van der Waals surface area contributed by atoms with Crippen LogP contribution in [0.25, 0.3) is 0 Å². The van der Waals surface area contributed by atoms with E-state index in [1.807, 2.05) is 13.8 Å². The molecule has 0 bridgehead atoms. The highest BCUT2D eigenvalue weighted by molar-refractivity contribution is 5.88. The Bertz CT molecular complexity index is 357. The largest absolute Gasteiger partial charge is 0.467 e. The van der Waals surface area contributed by atoms with Crippen LogP contribution in [0.2, 0.25) is 0 Å². The Balaban J connectivity index is 1.97. The zero-order valence-electron chi connectivity index (χ0n) is 11.9. The van der Waals surface area contributed by atoms with Crippen molar-refractivity contribution in [3.63, 3.8) is 0 Å². The lowest BCUT2D eigenvalue weighted by Gasteiger charge is -2.24. The molecule has 2 rings (SSSR count). The highest BCUT2D eigenvalue weighted by atomic mass is 16.5. The standard InChI is InChI=1S/C14H24N2O3/c1-8(2)11(14(18)19-3)16-13(17)12-10-6-4-5-9(10)7-15-12/h8-12,15H,4-7H2,1-3H3,(H,16,17)/t9?,10?,11-,12?/m0/s1. The molecule has 1 aliphatic carbocycles. The zero-order valence-corrected chi connectivity index (χ0v) is 11.9. The maximum Gasteiger partial charge on any atom is 0.328 e. The number of carbonyl (C=O) groups is 2. The van der Waals surface area contributed by atoms with E-state index in [0.29, 0.717) is 11.8 Å². The maximum atomic E-state index is 12.3. The van der Waals surface area contributed by atoms with Gasteiger partial charge in [0.25, 0.3) is 0 Å². The SMILES string of the molecule is COC(=O)[C@@H](NC(=O)C1NCC2CCCC21)C(C)C. The smallest absolute Gasteiger partial charge is 0.328 e. The monoisotopic (exact) mass is 268 g/mol. The van der Waals surface area contributed by atoms with E-state index in [-0.39, 0.29) is 23.8 Å². The van der Waals surface area contributed by atoms with Crippen LogP contribution in [0.1, 0.15) is 33.1 Å². The molecule has 19 heavy (non-hydrogen) atoms. The number of hydrogen-bond donors (Lipinski definition) is 2. The fourth-order valence-electron chi connectivity index (χ4n) is 3.34. The highest BCUT2D eigenvalue weighted by Gasteiger charge is 2.43. The molecule has 1 heterocycles. The van der Waals surface area contributed by atoms with Crippen LogP contribution in [-0.2, 0) is 14.3 Å². The fourth-order valence-corrected chi connectivity index (χ4v) is 3.34. The average molecular weight is 268 g/mol. The molecular formula is C14H24N2O3. The predicted octanol–water partition coefficient (Wildman–Crippen LogP) is 0.688. The number of carbonyl (C=O) groups excluding carboxylic acids is 2. The minimum atomic E-state index is -0.556. The van der Waals surface area contributed by atoms with Gasteiger partial charge in [-0.15, -0.1) is 0 Å². The molecule has 1 amide bonds. The number of methoxy groups -OCH3 is 1. The number of fused-ring (bicyclic) bond motifs is 1. The molecule has 0 radical (unpaired) electrons. The molecule has 3 unspecified atom stereocenters.